The first-order valence-corrected chi connectivity index (χ1v) is 3.22. The molecular formula is C8H11Pd-. The summed E-state index contributed by atoms with van der Waals surface area (Å²) in [7, 11) is 0. The SMILES string of the molecule is [C-]1=CC=CCCCC1.[Pd]. The van der Waals surface area contributed by atoms with Gasteiger partial charge in [-0.05, 0) is 0 Å². The summed E-state index contributed by atoms with van der Waals surface area (Å²) in [6, 6.07) is 0. The Balaban J connectivity index is 0.000000640. The Hall–Kier alpha value is 0.142. The van der Waals surface area contributed by atoms with Crippen LogP contribution in [0.5, 0.6) is 0 Å². The third-order valence-corrected chi connectivity index (χ3v) is 1.29. The molecule has 0 aromatic carbocycles. The van der Waals surface area contributed by atoms with Gasteiger partial charge in [-0.15, -0.1) is 6.42 Å². The Morgan fingerprint density at radius 3 is 3.00 bits per heavy atom. The van der Waals surface area contributed by atoms with Gasteiger partial charge in [0.05, 0.1) is 0 Å². The molecule has 0 N–H and O–H groups in total. The minimum absolute atomic E-state index is 0. The van der Waals surface area contributed by atoms with Crippen LogP contribution in [0.1, 0.15) is 25.7 Å². The van der Waals surface area contributed by atoms with Gasteiger partial charge < -0.3 is 0 Å². The van der Waals surface area contributed by atoms with Crippen molar-refractivity contribution in [1.82, 2.24) is 0 Å². The van der Waals surface area contributed by atoms with E-state index in [-0.39, 0.29) is 20.4 Å². The minimum atomic E-state index is 0. The molecule has 0 saturated heterocycles. The van der Waals surface area contributed by atoms with Crippen LogP contribution in [0.2, 0.25) is 0 Å². The van der Waals surface area contributed by atoms with Gasteiger partial charge in [0.2, 0.25) is 0 Å². The van der Waals surface area contributed by atoms with E-state index in [1.165, 1.54) is 19.3 Å². The Labute approximate surface area is 70.7 Å². The van der Waals surface area contributed by atoms with Crippen LogP contribution in [-0.2, 0) is 20.4 Å². The maximum absolute atomic E-state index is 3.18. The van der Waals surface area contributed by atoms with Gasteiger partial charge in [-0.2, -0.15) is 6.08 Å². The van der Waals surface area contributed by atoms with Crippen LogP contribution in [0.15, 0.2) is 18.2 Å². The van der Waals surface area contributed by atoms with Gasteiger partial charge in [-0.25, -0.2) is 12.2 Å². The summed E-state index contributed by atoms with van der Waals surface area (Å²) in [5.41, 5.74) is 0. The van der Waals surface area contributed by atoms with Crippen molar-refractivity contribution in [2.24, 2.45) is 0 Å². The second-order valence-electron chi connectivity index (χ2n) is 2.04. The maximum Gasteiger partial charge on any atom is 0 e. The van der Waals surface area contributed by atoms with E-state index >= 15 is 0 Å². The Bertz CT molecular complexity index is 89.1. The molecule has 1 heteroatoms. The Kier molecular flexibility index (Phi) is 6.36. The molecule has 1 rings (SSSR count). The number of hydrogen-bond donors (Lipinski definition) is 0. The molecule has 0 bridgehead atoms. The van der Waals surface area contributed by atoms with E-state index in [1.807, 2.05) is 6.08 Å². The standard InChI is InChI=1S/C8H11.Pd/c1-2-4-6-8-7-5-3-1;/h1-3H,4,6-8H2;/q-1;. The van der Waals surface area contributed by atoms with Crippen LogP contribution in [-0.4, -0.2) is 0 Å². The van der Waals surface area contributed by atoms with Crippen molar-refractivity contribution in [3.8, 4) is 0 Å². The first-order chi connectivity index (χ1) is 4.00. The van der Waals surface area contributed by atoms with Gasteiger partial charge in [0.1, 0.15) is 0 Å². The third-order valence-electron chi connectivity index (χ3n) is 1.29. The summed E-state index contributed by atoms with van der Waals surface area (Å²) in [6.07, 6.45) is 14.5. The Morgan fingerprint density at radius 1 is 1.22 bits per heavy atom. The van der Waals surface area contributed by atoms with Gasteiger partial charge >= 0.3 is 0 Å². The molecule has 0 aromatic rings. The summed E-state index contributed by atoms with van der Waals surface area (Å²) < 4.78 is 0. The van der Waals surface area contributed by atoms with Crippen LogP contribution in [0, 0.1) is 6.08 Å². The van der Waals surface area contributed by atoms with Crippen molar-refractivity contribution in [3.05, 3.63) is 24.3 Å². The molecule has 0 nitrogen and oxygen atoms in total. The molecule has 0 unspecified atom stereocenters. The summed E-state index contributed by atoms with van der Waals surface area (Å²) in [5, 5.41) is 0. The molecule has 0 atom stereocenters. The van der Waals surface area contributed by atoms with Crippen LogP contribution in [0.4, 0.5) is 0 Å². The first kappa shape index (κ1) is 9.14. The van der Waals surface area contributed by atoms with Crippen LogP contribution >= 0.6 is 0 Å². The van der Waals surface area contributed by atoms with Crippen LogP contribution in [0.25, 0.3) is 0 Å². The second kappa shape index (κ2) is 6.27. The number of rotatable bonds is 0. The topological polar surface area (TPSA) is 0 Å². The van der Waals surface area contributed by atoms with Crippen molar-refractivity contribution in [3.63, 3.8) is 0 Å². The summed E-state index contributed by atoms with van der Waals surface area (Å²) in [6.45, 7) is 0. The zero-order valence-corrected chi connectivity index (χ0v) is 6.93. The minimum Gasteiger partial charge on any atom is -0.275 e. The van der Waals surface area contributed by atoms with E-state index in [0.717, 1.165) is 6.42 Å². The molecule has 54 valence electrons. The predicted octanol–water partition coefficient (Wildman–Crippen LogP) is 2.47. The molecule has 0 heterocycles. The predicted molar refractivity (Wildman–Crippen MR) is 35.4 cm³/mol. The van der Waals surface area contributed by atoms with Crippen molar-refractivity contribution in [1.29, 1.82) is 0 Å². The smallest absolute Gasteiger partial charge is 0 e. The molecule has 0 fully saturated rings. The summed E-state index contributed by atoms with van der Waals surface area (Å²) in [4.78, 5) is 0. The van der Waals surface area contributed by atoms with Crippen molar-refractivity contribution in [2.75, 3.05) is 0 Å². The van der Waals surface area contributed by atoms with E-state index in [1.54, 1.807) is 0 Å². The molecule has 0 saturated carbocycles. The third kappa shape index (κ3) is 4.63. The van der Waals surface area contributed by atoms with E-state index in [4.69, 9.17) is 0 Å². The number of hydrogen-bond acceptors (Lipinski definition) is 0. The fourth-order valence-corrected chi connectivity index (χ4v) is 0.805. The fraction of sp³-hybridized carbons (Fsp3) is 0.500. The summed E-state index contributed by atoms with van der Waals surface area (Å²) in [5.74, 6) is 0. The molecule has 1 aliphatic carbocycles. The zero-order valence-electron chi connectivity index (χ0n) is 5.38. The molecule has 0 aromatic heterocycles. The second-order valence-corrected chi connectivity index (χ2v) is 2.04. The number of allylic oxidation sites excluding steroid dienone is 4. The van der Waals surface area contributed by atoms with E-state index in [2.05, 4.69) is 18.2 Å². The van der Waals surface area contributed by atoms with Crippen LogP contribution < -0.4 is 0 Å². The van der Waals surface area contributed by atoms with Gasteiger partial charge in [-0.3, -0.25) is 6.08 Å². The molecule has 0 radical (unpaired) electrons. The fourth-order valence-electron chi connectivity index (χ4n) is 0.805. The largest absolute Gasteiger partial charge is 0.275 e. The normalized spacial score (nSPS) is 17.8. The van der Waals surface area contributed by atoms with Gasteiger partial charge in [0.25, 0.3) is 0 Å². The van der Waals surface area contributed by atoms with Crippen LogP contribution in [0.3, 0.4) is 0 Å². The summed E-state index contributed by atoms with van der Waals surface area (Å²) >= 11 is 0. The van der Waals surface area contributed by atoms with E-state index in [9.17, 15) is 0 Å². The van der Waals surface area contributed by atoms with Crippen molar-refractivity contribution >= 4 is 0 Å². The van der Waals surface area contributed by atoms with Gasteiger partial charge in [0.15, 0.2) is 0 Å². The molecule has 0 aliphatic heterocycles. The molecule has 1 aliphatic rings. The van der Waals surface area contributed by atoms with Crippen molar-refractivity contribution < 1.29 is 20.4 Å². The average molecular weight is 214 g/mol. The average Bonchev–Trinajstić information content (AvgIpc) is 1.62. The van der Waals surface area contributed by atoms with E-state index < -0.39 is 0 Å². The quantitative estimate of drug-likeness (QED) is 0.428. The van der Waals surface area contributed by atoms with Gasteiger partial charge in [0, 0.05) is 20.4 Å². The zero-order chi connectivity index (χ0) is 5.66. The first-order valence-electron chi connectivity index (χ1n) is 3.22. The maximum atomic E-state index is 3.18. The molecule has 0 amide bonds. The van der Waals surface area contributed by atoms with E-state index in [0.29, 0.717) is 0 Å². The molecule has 9 heavy (non-hydrogen) atoms. The molecular weight excluding hydrogens is 203 g/mol. The monoisotopic (exact) mass is 213 g/mol. The molecule has 0 spiro atoms. The van der Waals surface area contributed by atoms with Crippen molar-refractivity contribution in [2.45, 2.75) is 25.7 Å². The Morgan fingerprint density at radius 2 is 2.11 bits per heavy atom. The van der Waals surface area contributed by atoms with Gasteiger partial charge in [-0.1, -0.05) is 19.3 Å².